The number of ether oxygens (including phenoxy) is 1. The molecule has 5 heteroatoms. The highest BCUT2D eigenvalue weighted by Crippen LogP contribution is 2.23. The summed E-state index contributed by atoms with van der Waals surface area (Å²) in [6.07, 6.45) is 1.75. The van der Waals surface area contributed by atoms with Crippen LogP contribution in [0, 0.1) is 6.92 Å². The fourth-order valence-electron chi connectivity index (χ4n) is 1.85. The van der Waals surface area contributed by atoms with Gasteiger partial charge in [0.25, 0.3) is 0 Å². The Morgan fingerprint density at radius 3 is 2.48 bits per heavy atom. The molecule has 0 aliphatic heterocycles. The normalized spacial score (nSPS) is 10.4. The molecule has 5 nitrogen and oxygen atoms in total. The summed E-state index contributed by atoms with van der Waals surface area (Å²) in [5.74, 6) is 2.88. The predicted octanol–water partition coefficient (Wildman–Crippen LogP) is 3.46. The van der Waals surface area contributed by atoms with Gasteiger partial charge < -0.3 is 15.8 Å². The molecule has 0 radical (unpaired) electrons. The molecule has 0 aliphatic carbocycles. The van der Waals surface area contributed by atoms with Gasteiger partial charge >= 0.3 is 0 Å². The molecule has 0 fully saturated rings. The fourth-order valence-corrected chi connectivity index (χ4v) is 1.85. The standard InChI is InChI=1S/C16H22N4O/c1-4-10-21-13-8-6-12(7-9-13)18-16-11(3)15(17)19-14(5-2)20-16/h6-9H,4-5,10H2,1-3H3,(H3,17,18,19,20). The van der Waals surface area contributed by atoms with Gasteiger partial charge in [-0.2, -0.15) is 0 Å². The van der Waals surface area contributed by atoms with E-state index < -0.39 is 0 Å². The predicted molar refractivity (Wildman–Crippen MR) is 86.1 cm³/mol. The average molecular weight is 286 g/mol. The Morgan fingerprint density at radius 1 is 1.14 bits per heavy atom. The van der Waals surface area contributed by atoms with Crippen molar-refractivity contribution in [1.82, 2.24) is 9.97 Å². The zero-order chi connectivity index (χ0) is 15.2. The van der Waals surface area contributed by atoms with Gasteiger partial charge in [0.05, 0.1) is 6.61 Å². The quantitative estimate of drug-likeness (QED) is 0.850. The minimum atomic E-state index is 0.521. The van der Waals surface area contributed by atoms with Gasteiger partial charge in [0, 0.05) is 17.7 Å². The maximum atomic E-state index is 5.92. The zero-order valence-corrected chi connectivity index (χ0v) is 12.8. The molecule has 1 heterocycles. The van der Waals surface area contributed by atoms with Gasteiger partial charge in [0.2, 0.25) is 0 Å². The maximum Gasteiger partial charge on any atom is 0.139 e. The van der Waals surface area contributed by atoms with Gasteiger partial charge in [0.1, 0.15) is 23.2 Å². The van der Waals surface area contributed by atoms with E-state index in [1.807, 2.05) is 38.1 Å². The molecule has 0 saturated carbocycles. The van der Waals surface area contributed by atoms with Crippen molar-refractivity contribution in [2.24, 2.45) is 0 Å². The second kappa shape index (κ2) is 6.92. The van der Waals surface area contributed by atoms with Crippen molar-refractivity contribution in [2.75, 3.05) is 17.7 Å². The lowest BCUT2D eigenvalue weighted by atomic mass is 10.2. The van der Waals surface area contributed by atoms with Crippen molar-refractivity contribution < 1.29 is 4.74 Å². The first-order valence-corrected chi connectivity index (χ1v) is 7.27. The highest BCUT2D eigenvalue weighted by Gasteiger charge is 2.08. The number of aromatic nitrogens is 2. The molecule has 0 saturated heterocycles. The van der Waals surface area contributed by atoms with Crippen LogP contribution in [0.2, 0.25) is 0 Å². The lowest BCUT2D eigenvalue weighted by molar-refractivity contribution is 0.317. The molecule has 0 aliphatic rings. The molecule has 21 heavy (non-hydrogen) atoms. The molecule has 0 amide bonds. The number of nitrogen functional groups attached to an aromatic ring is 1. The smallest absolute Gasteiger partial charge is 0.139 e. The zero-order valence-electron chi connectivity index (χ0n) is 12.8. The topological polar surface area (TPSA) is 73.1 Å². The molecule has 0 spiro atoms. The van der Waals surface area contributed by atoms with Crippen LogP contribution >= 0.6 is 0 Å². The Morgan fingerprint density at radius 2 is 1.86 bits per heavy atom. The van der Waals surface area contributed by atoms with Crippen LogP contribution in [-0.4, -0.2) is 16.6 Å². The molecule has 1 aromatic carbocycles. The maximum absolute atomic E-state index is 5.92. The van der Waals surface area contributed by atoms with E-state index >= 15 is 0 Å². The number of anilines is 3. The Labute approximate surface area is 125 Å². The van der Waals surface area contributed by atoms with Crippen molar-refractivity contribution in [3.63, 3.8) is 0 Å². The lowest BCUT2D eigenvalue weighted by Crippen LogP contribution is -2.06. The lowest BCUT2D eigenvalue weighted by Gasteiger charge is -2.12. The summed E-state index contributed by atoms with van der Waals surface area (Å²) >= 11 is 0. The van der Waals surface area contributed by atoms with Gasteiger partial charge in [-0.3, -0.25) is 0 Å². The van der Waals surface area contributed by atoms with Crippen LogP contribution < -0.4 is 15.8 Å². The third kappa shape index (κ3) is 3.84. The van der Waals surface area contributed by atoms with Crippen LogP contribution in [0.15, 0.2) is 24.3 Å². The third-order valence-electron chi connectivity index (χ3n) is 3.14. The number of aryl methyl sites for hydroxylation is 1. The first-order chi connectivity index (χ1) is 10.1. The van der Waals surface area contributed by atoms with Gasteiger partial charge in [0.15, 0.2) is 0 Å². The van der Waals surface area contributed by atoms with E-state index in [9.17, 15) is 0 Å². The summed E-state index contributed by atoms with van der Waals surface area (Å²) < 4.78 is 5.57. The van der Waals surface area contributed by atoms with E-state index in [-0.39, 0.29) is 0 Å². The van der Waals surface area contributed by atoms with Gasteiger partial charge in [-0.05, 0) is 37.6 Å². The SMILES string of the molecule is CCCOc1ccc(Nc2nc(CC)nc(N)c2C)cc1. The molecule has 3 N–H and O–H groups in total. The molecular weight excluding hydrogens is 264 g/mol. The van der Waals surface area contributed by atoms with Crippen molar-refractivity contribution in [3.05, 3.63) is 35.7 Å². The number of benzene rings is 1. The Hall–Kier alpha value is -2.30. The fraction of sp³-hybridized carbons (Fsp3) is 0.375. The van der Waals surface area contributed by atoms with Crippen molar-refractivity contribution in [3.8, 4) is 5.75 Å². The molecule has 2 rings (SSSR count). The number of hydrogen-bond acceptors (Lipinski definition) is 5. The van der Waals surface area contributed by atoms with Gasteiger partial charge in [-0.15, -0.1) is 0 Å². The molecule has 0 unspecified atom stereocenters. The summed E-state index contributed by atoms with van der Waals surface area (Å²) in [6, 6.07) is 7.82. The number of nitrogens with one attached hydrogen (secondary N) is 1. The minimum Gasteiger partial charge on any atom is -0.494 e. The monoisotopic (exact) mass is 286 g/mol. The summed E-state index contributed by atoms with van der Waals surface area (Å²) in [6.45, 7) is 6.74. The van der Waals surface area contributed by atoms with E-state index in [4.69, 9.17) is 10.5 Å². The van der Waals surface area contributed by atoms with E-state index in [1.54, 1.807) is 0 Å². The summed E-state index contributed by atoms with van der Waals surface area (Å²) in [7, 11) is 0. The van der Waals surface area contributed by atoms with Crippen molar-refractivity contribution in [2.45, 2.75) is 33.6 Å². The van der Waals surface area contributed by atoms with Crippen LogP contribution in [0.4, 0.5) is 17.3 Å². The number of hydrogen-bond donors (Lipinski definition) is 2. The first kappa shape index (κ1) is 15.1. The number of rotatable bonds is 6. The van der Waals surface area contributed by atoms with E-state index in [1.165, 1.54) is 0 Å². The van der Waals surface area contributed by atoms with Crippen LogP contribution in [0.3, 0.4) is 0 Å². The van der Waals surface area contributed by atoms with Gasteiger partial charge in [-0.1, -0.05) is 13.8 Å². The molecule has 0 bridgehead atoms. The summed E-state index contributed by atoms with van der Waals surface area (Å²) in [5, 5.41) is 3.28. The Kier molecular flexibility index (Phi) is 4.98. The second-order valence-corrected chi connectivity index (χ2v) is 4.85. The number of nitrogens with zero attached hydrogens (tertiary/aromatic N) is 2. The van der Waals surface area contributed by atoms with Crippen LogP contribution in [-0.2, 0) is 6.42 Å². The molecule has 2 aromatic rings. The second-order valence-electron chi connectivity index (χ2n) is 4.85. The summed E-state index contributed by atoms with van der Waals surface area (Å²) in [5.41, 5.74) is 7.72. The van der Waals surface area contributed by atoms with E-state index in [0.717, 1.165) is 48.1 Å². The molecule has 0 atom stereocenters. The number of nitrogens with two attached hydrogens (primary N) is 1. The first-order valence-electron chi connectivity index (χ1n) is 7.27. The van der Waals surface area contributed by atoms with E-state index in [0.29, 0.717) is 5.82 Å². The molecular formula is C16H22N4O. The highest BCUT2D eigenvalue weighted by atomic mass is 16.5. The Balaban J connectivity index is 2.16. The van der Waals surface area contributed by atoms with Crippen molar-refractivity contribution in [1.29, 1.82) is 0 Å². The largest absolute Gasteiger partial charge is 0.494 e. The third-order valence-corrected chi connectivity index (χ3v) is 3.14. The highest BCUT2D eigenvalue weighted by molar-refractivity contribution is 5.64. The average Bonchev–Trinajstić information content (AvgIpc) is 2.50. The van der Waals surface area contributed by atoms with Gasteiger partial charge in [-0.25, -0.2) is 9.97 Å². The molecule has 1 aromatic heterocycles. The van der Waals surface area contributed by atoms with E-state index in [2.05, 4.69) is 22.2 Å². The Bertz CT molecular complexity index is 596. The van der Waals surface area contributed by atoms with Crippen LogP contribution in [0.25, 0.3) is 0 Å². The van der Waals surface area contributed by atoms with Crippen molar-refractivity contribution >= 4 is 17.3 Å². The van der Waals surface area contributed by atoms with Crippen LogP contribution in [0.5, 0.6) is 5.75 Å². The minimum absolute atomic E-state index is 0.521. The summed E-state index contributed by atoms with van der Waals surface area (Å²) in [4.78, 5) is 8.73. The molecule has 112 valence electrons. The van der Waals surface area contributed by atoms with Crippen LogP contribution in [0.1, 0.15) is 31.7 Å².